The Balaban J connectivity index is 1.58. The lowest BCUT2D eigenvalue weighted by atomic mass is 10.1. The first kappa shape index (κ1) is 17.8. The van der Waals surface area contributed by atoms with Gasteiger partial charge in [0.25, 0.3) is 5.91 Å². The molecule has 3 aromatic carbocycles. The van der Waals surface area contributed by atoms with Gasteiger partial charge in [-0.2, -0.15) is 0 Å². The molecule has 0 spiro atoms. The number of nitrogens with one attached hydrogen (secondary N) is 1. The first-order chi connectivity index (χ1) is 12.6. The van der Waals surface area contributed by atoms with Gasteiger partial charge in [0.05, 0.1) is 5.69 Å². The van der Waals surface area contributed by atoms with Crippen molar-refractivity contribution in [2.24, 2.45) is 5.84 Å². The highest BCUT2D eigenvalue weighted by atomic mass is 19.1. The fraction of sp³-hybridized carbons (Fsp3) is 0.0952. The first-order valence-corrected chi connectivity index (χ1v) is 8.32. The van der Waals surface area contributed by atoms with Crippen LogP contribution >= 0.6 is 0 Å². The summed E-state index contributed by atoms with van der Waals surface area (Å²) in [7, 11) is 0. The van der Waals surface area contributed by atoms with Crippen LogP contribution < -0.4 is 16.2 Å². The van der Waals surface area contributed by atoms with Crippen molar-refractivity contribution in [3.8, 4) is 0 Å². The molecule has 3 aromatic rings. The van der Waals surface area contributed by atoms with Gasteiger partial charge in [0.2, 0.25) is 0 Å². The van der Waals surface area contributed by atoms with Crippen LogP contribution in [0, 0.1) is 5.82 Å². The molecule has 0 radical (unpaired) electrons. The van der Waals surface area contributed by atoms with Crippen LogP contribution in [0.1, 0.15) is 21.5 Å². The molecule has 0 aliphatic carbocycles. The number of hydrogen-bond acceptors (Lipinski definition) is 3. The Labute approximate surface area is 152 Å². The molecule has 0 saturated carbocycles. The number of halogens is 1. The number of rotatable bonds is 6. The topological polar surface area (TPSA) is 58.4 Å². The number of amides is 1. The van der Waals surface area contributed by atoms with Crippen molar-refractivity contribution in [1.29, 1.82) is 0 Å². The molecule has 4 nitrogen and oxygen atoms in total. The Kier molecular flexibility index (Phi) is 5.73. The van der Waals surface area contributed by atoms with E-state index in [0.717, 1.165) is 17.1 Å². The van der Waals surface area contributed by atoms with Gasteiger partial charge in [0.15, 0.2) is 0 Å². The lowest BCUT2D eigenvalue weighted by Gasteiger charge is -2.17. The van der Waals surface area contributed by atoms with E-state index in [2.05, 4.69) is 17.4 Å². The highest BCUT2D eigenvalue weighted by Crippen LogP contribution is 2.15. The number of hydrazine groups is 1. The van der Waals surface area contributed by atoms with Crippen LogP contribution in [-0.2, 0) is 13.1 Å². The smallest absolute Gasteiger partial charge is 0.272 e. The van der Waals surface area contributed by atoms with Crippen molar-refractivity contribution in [1.82, 2.24) is 5.32 Å². The van der Waals surface area contributed by atoms with E-state index in [9.17, 15) is 9.18 Å². The van der Waals surface area contributed by atoms with E-state index in [0.29, 0.717) is 17.8 Å². The number of benzene rings is 3. The van der Waals surface area contributed by atoms with Crippen LogP contribution in [-0.4, -0.2) is 5.91 Å². The van der Waals surface area contributed by atoms with Gasteiger partial charge in [-0.25, -0.2) is 15.2 Å². The van der Waals surface area contributed by atoms with E-state index >= 15 is 0 Å². The quantitative estimate of drug-likeness (QED) is 0.406. The number of hydrogen-bond donors (Lipinski definition) is 2. The normalized spacial score (nSPS) is 10.5. The van der Waals surface area contributed by atoms with E-state index < -0.39 is 0 Å². The Morgan fingerprint density at radius 1 is 0.846 bits per heavy atom. The molecule has 0 atom stereocenters. The van der Waals surface area contributed by atoms with Crippen LogP contribution in [0.3, 0.4) is 0 Å². The van der Waals surface area contributed by atoms with Gasteiger partial charge in [0, 0.05) is 18.7 Å². The Morgan fingerprint density at radius 3 is 2.04 bits per heavy atom. The highest BCUT2D eigenvalue weighted by Gasteiger charge is 2.14. The van der Waals surface area contributed by atoms with Gasteiger partial charge >= 0.3 is 0 Å². The summed E-state index contributed by atoms with van der Waals surface area (Å²) >= 11 is 0. The summed E-state index contributed by atoms with van der Waals surface area (Å²) in [6.45, 7) is 1.48. The third-order valence-corrected chi connectivity index (χ3v) is 4.03. The summed E-state index contributed by atoms with van der Waals surface area (Å²) in [5, 5.41) is 4.38. The molecular weight excluding hydrogens is 329 g/mol. The number of carbonyl (C=O) groups is 1. The monoisotopic (exact) mass is 349 g/mol. The molecule has 0 aromatic heterocycles. The van der Waals surface area contributed by atoms with Gasteiger partial charge < -0.3 is 5.32 Å². The van der Waals surface area contributed by atoms with Gasteiger partial charge in [-0.05, 0) is 47.5 Å². The molecule has 1 amide bonds. The van der Waals surface area contributed by atoms with Crippen LogP contribution in [0.25, 0.3) is 0 Å². The van der Waals surface area contributed by atoms with E-state index in [1.54, 1.807) is 12.1 Å². The molecule has 0 fully saturated rings. The molecule has 0 saturated heterocycles. The van der Waals surface area contributed by atoms with Crippen molar-refractivity contribution in [2.45, 2.75) is 13.1 Å². The molecule has 132 valence electrons. The summed E-state index contributed by atoms with van der Waals surface area (Å²) in [5.74, 6) is 5.13. The van der Waals surface area contributed by atoms with Gasteiger partial charge in [-0.15, -0.1) is 0 Å². The molecule has 5 heteroatoms. The molecule has 0 aliphatic heterocycles. The number of carbonyl (C=O) groups excluding carboxylic acids is 1. The summed E-state index contributed by atoms with van der Waals surface area (Å²) in [6.07, 6.45) is 0. The van der Waals surface area contributed by atoms with Crippen LogP contribution in [0.15, 0.2) is 78.9 Å². The predicted molar refractivity (Wildman–Crippen MR) is 101 cm³/mol. The van der Waals surface area contributed by atoms with Crippen molar-refractivity contribution >= 4 is 11.6 Å². The van der Waals surface area contributed by atoms with E-state index in [1.807, 2.05) is 30.3 Å². The van der Waals surface area contributed by atoms with Gasteiger partial charge in [-0.3, -0.25) is 4.79 Å². The summed E-state index contributed by atoms with van der Waals surface area (Å²) in [6, 6.07) is 22.9. The van der Waals surface area contributed by atoms with Crippen molar-refractivity contribution in [3.63, 3.8) is 0 Å². The third kappa shape index (κ3) is 4.53. The Bertz CT molecular complexity index is 849. The SMILES string of the molecule is NN(C(=O)c1ccc(CNCc2ccccc2)cc1)c1ccc(F)cc1. The van der Waals surface area contributed by atoms with Crippen molar-refractivity contribution < 1.29 is 9.18 Å². The minimum atomic E-state index is -0.373. The van der Waals surface area contributed by atoms with Crippen LogP contribution in [0.4, 0.5) is 10.1 Å². The second kappa shape index (κ2) is 8.38. The maximum atomic E-state index is 13.0. The molecule has 0 unspecified atom stereocenters. The average molecular weight is 349 g/mol. The molecule has 26 heavy (non-hydrogen) atoms. The fourth-order valence-corrected chi connectivity index (χ4v) is 2.57. The molecule has 0 aliphatic rings. The number of anilines is 1. The first-order valence-electron chi connectivity index (χ1n) is 8.32. The molecule has 0 heterocycles. The second-order valence-electron chi connectivity index (χ2n) is 5.94. The van der Waals surface area contributed by atoms with Crippen molar-refractivity contribution in [2.75, 3.05) is 5.01 Å². The lowest BCUT2D eigenvalue weighted by molar-refractivity contribution is 0.0987. The number of nitrogens with zero attached hydrogens (tertiary/aromatic N) is 1. The third-order valence-electron chi connectivity index (χ3n) is 4.03. The summed E-state index contributed by atoms with van der Waals surface area (Å²) < 4.78 is 13.0. The lowest BCUT2D eigenvalue weighted by Crippen LogP contribution is -2.37. The van der Waals surface area contributed by atoms with Gasteiger partial charge in [0.1, 0.15) is 5.82 Å². The summed E-state index contributed by atoms with van der Waals surface area (Å²) in [4.78, 5) is 12.4. The standard InChI is InChI=1S/C21H20FN3O/c22-19-10-12-20(13-11-19)25(23)21(26)18-8-6-17(7-9-18)15-24-14-16-4-2-1-3-5-16/h1-13,24H,14-15,23H2. The summed E-state index contributed by atoms with van der Waals surface area (Å²) in [5.41, 5.74) is 3.20. The van der Waals surface area contributed by atoms with E-state index in [4.69, 9.17) is 5.84 Å². The largest absolute Gasteiger partial charge is 0.309 e. The average Bonchev–Trinajstić information content (AvgIpc) is 2.69. The predicted octanol–water partition coefficient (Wildman–Crippen LogP) is 3.64. The molecular formula is C21H20FN3O. The molecule has 0 bridgehead atoms. The maximum absolute atomic E-state index is 13.0. The van der Waals surface area contributed by atoms with E-state index in [-0.39, 0.29) is 11.7 Å². The zero-order chi connectivity index (χ0) is 18.4. The van der Waals surface area contributed by atoms with Crippen LogP contribution in [0.2, 0.25) is 0 Å². The Morgan fingerprint density at radius 2 is 1.42 bits per heavy atom. The molecule has 3 N–H and O–H groups in total. The molecule has 3 rings (SSSR count). The van der Waals surface area contributed by atoms with Crippen LogP contribution in [0.5, 0.6) is 0 Å². The Hall–Kier alpha value is -3.02. The number of nitrogens with two attached hydrogens (primary N) is 1. The minimum absolute atomic E-state index is 0.347. The van der Waals surface area contributed by atoms with E-state index in [1.165, 1.54) is 29.8 Å². The van der Waals surface area contributed by atoms with Gasteiger partial charge in [-0.1, -0.05) is 42.5 Å². The van der Waals surface area contributed by atoms with Crippen molar-refractivity contribution in [3.05, 3.63) is 101 Å². The zero-order valence-electron chi connectivity index (χ0n) is 14.2. The second-order valence-corrected chi connectivity index (χ2v) is 5.94. The highest BCUT2D eigenvalue weighted by molar-refractivity contribution is 6.05. The minimum Gasteiger partial charge on any atom is -0.309 e. The fourth-order valence-electron chi connectivity index (χ4n) is 2.57. The maximum Gasteiger partial charge on any atom is 0.272 e. The zero-order valence-corrected chi connectivity index (χ0v) is 14.2.